The van der Waals surface area contributed by atoms with Crippen molar-refractivity contribution in [2.45, 2.75) is 38.3 Å². The zero-order valence-electron chi connectivity index (χ0n) is 23.3. The summed E-state index contributed by atoms with van der Waals surface area (Å²) in [4.78, 5) is 36.1. The first kappa shape index (κ1) is 27.3. The van der Waals surface area contributed by atoms with Crippen LogP contribution in [-0.4, -0.2) is 54.4 Å². The van der Waals surface area contributed by atoms with Gasteiger partial charge in [-0.3, -0.25) is 14.5 Å². The SMILES string of the molecule is C#CC1CCC(Cn2c(N3CCOCC3c3ccccn3)nc3nc(-c4noc(=O)[nH]4)nc(-c4cccc(Cl)c4)c32)CC1. The number of morpholine rings is 1. The van der Waals surface area contributed by atoms with E-state index in [2.05, 4.69) is 30.5 Å². The molecule has 43 heavy (non-hydrogen) atoms. The van der Waals surface area contributed by atoms with Crippen molar-refractivity contribution in [1.29, 1.82) is 0 Å². The van der Waals surface area contributed by atoms with Crippen LogP contribution in [0.2, 0.25) is 5.02 Å². The van der Waals surface area contributed by atoms with Crippen molar-refractivity contribution >= 4 is 28.7 Å². The van der Waals surface area contributed by atoms with Crippen LogP contribution in [0.1, 0.15) is 37.4 Å². The van der Waals surface area contributed by atoms with E-state index in [0.717, 1.165) is 48.4 Å². The molecule has 1 saturated heterocycles. The summed E-state index contributed by atoms with van der Waals surface area (Å²) in [5.74, 6) is 4.04. The lowest BCUT2D eigenvalue weighted by Gasteiger charge is -2.37. The molecule has 11 nitrogen and oxygen atoms in total. The highest BCUT2D eigenvalue weighted by molar-refractivity contribution is 6.30. The van der Waals surface area contributed by atoms with Crippen LogP contribution in [0, 0.1) is 24.2 Å². The molecule has 1 atom stereocenters. The maximum Gasteiger partial charge on any atom is 0.439 e. The van der Waals surface area contributed by atoms with Crippen LogP contribution >= 0.6 is 11.6 Å². The second-order valence-corrected chi connectivity index (χ2v) is 11.4. The second kappa shape index (κ2) is 11.6. The number of rotatable bonds is 6. The largest absolute Gasteiger partial charge is 0.439 e. The first-order valence-electron chi connectivity index (χ1n) is 14.4. The summed E-state index contributed by atoms with van der Waals surface area (Å²) in [5.41, 5.74) is 3.57. The molecule has 1 aromatic carbocycles. The van der Waals surface area contributed by atoms with Gasteiger partial charge in [0.15, 0.2) is 5.65 Å². The number of nitrogens with zero attached hydrogens (tertiary/aromatic N) is 7. The lowest BCUT2D eigenvalue weighted by Crippen LogP contribution is -2.41. The smallest absolute Gasteiger partial charge is 0.377 e. The molecule has 0 radical (unpaired) electrons. The Bertz CT molecular complexity index is 1850. The van der Waals surface area contributed by atoms with Gasteiger partial charge in [0.1, 0.15) is 11.2 Å². The molecular weight excluding hydrogens is 568 g/mol. The van der Waals surface area contributed by atoms with Crippen LogP contribution in [0.25, 0.3) is 34.1 Å². The van der Waals surface area contributed by atoms with Crippen molar-refractivity contribution in [1.82, 2.24) is 34.6 Å². The van der Waals surface area contributed by atoms with E-state index in [0.29, 0.717) is 54.5 Å². The van der Waals surface area contributed by atoms with Crippen molar-refractivity contribution in [3.05, 3.63) is 69.9 Å². The van der Waals surface area contributed by atoms with E-state index in [-0.39, 0.29) is 17.7 Å². The zero-order valence-corrected chi connectivity index (χ0v) is 24.1. The van der Waals surface area contributed by atoms with Gasteiger partial charge in [-0.15, -0.1) is 12.3 Å². The Morgan fingerprint density at radius 2 is 1.98 bits per heavy atom. The number of aromatic amines is 1. The summed E-state index contributed by atoms with van der Waals surface area (Å²) in [5, 5.41) is 4.42. The zero-order chi connectivity index (χ0) is 29.3. The molecule has 7 rings (SSSR count). The second-order valence-electron chi connectivity index (χ2n) is 11.0. The third-order valence-corrected chi connectivity index (χ3v) is 8.51. The Labute approximate surface area is 252 Å². The van der Waals surface area contributed by atoms with Gasteiger partial charge in [-0.1, -0.05) is 35.0 Å². The minimum Gasteiger partial charge on any atom is -0.377 e. The quantitative estimate of drug-likeness (QED) is 0.272. The lowest BCUT2D eigenvalue weighted by atomic mass is 9.82. The standard InChI is InChI=1S/C31H29ClN8O3/c1-2-19-9-11-20(12-10-19)17-40-26-25(21-6-5-7-22(32)16-21)34-28(29-37-31(41)43-38-29)35-27(26)36-30(40)39-14-15-42-18-24(39)23-8-3-4-13-33-23/h1,3-8,13,16,19-20,24H,9-12,14-15,17-18H2,(H,37,38,41). The molecule has 0 bridgehead atoms. The summed E-state index contributed by atoms with van der Waals surface area (Å²) in [6, 6.07) is 13.3. The third kappa shape index (κ3) is 5.40. The van der Waals surface area contributed by atoms with Crippen LogP contribution < -0.4 is 10.7 Å². The third-order valence-electron chi connectivity index (χ3n) is 8.27. The van der Waals surface area contributed by atoms with E-state index in [1.165, 1.54) is 0 Å². The first-order valence-corrected chi connectivity index (χ1v) is 14.8. The highest BCUT2D eigenvalue weighted by atomic mass is 35.5. The van der Waals surface area contributed by atoms with Gasteiger partial charge in [0.25, 0.3) is 0 Å². The molecule has 1 N–H and O–H groups in total. The predicted octanol–water partition coefficient (Wildman–Crippen LogP) is 4.90. The summed E-state index contributed by atoms with van der Waals surface area (Å²) >= 11 is 6.46. The molecule has 1 aliphatic carbocycles. The van der Waals surface area contributed by atoms with E-state index in [1.807, 2.05) is 42.5 Å². The van der Waals surface area contributed by atoms with E-state index < -0.39 is 5.76 Å². The van der Waals surface area contributed by atoms with Gasteiger partial charge < -0.3 is 14.2 Å². The van der Waals surface area contributed by atoms with E-state index in [4.69, 9.17) is 42.2 Å². The molecule has 2 aliphatic rings. The van der Waals surface area contributed by atoms with Crippen molar-refractivity contribution in [2.75, 3.05) is 24.7 Å². The van der Waals surface area contributed by atoms with Gasteiger partial charge in [-0.25, -0.2) is 14.8 Å². The van der Waals surface area contributed by atoms with Crippen LogP contribution in [-0.2, 0) is 11.3 Å². The van der Waals surface area contributed by atoms with Gasteiger partial charge in [-0.2, -0.15) is 4.98 Å². The summed E-state index contributed by atoms with van der Waals surface area (Å²) < 4.78 is 12.9. The molecule has 12 heteroatoms. The number of imidazole rings is 1. The van der Waals surface area contributed by atoms with Gasteiger partial charge in [-0.05, 0) is 55.9 Å². The summed E-state index contributed by atoms with van der Waals surface area (Å²) in [7, 11) is 0. The number of hydrogen-bond acceptors (Lipinski definition) is 9. The molecule has 1 unspecified atom stereocenters. The highest BCUT2D eigenvalue weighted by Crippen LogP contribution is 2.38. The number of nitrogens with one attached hydrogen (secondary N) is 1. The molecule has 2 fully saturated rings. The molecule has 1 aliphatic heterocycles. The predicted molar refractivity (Wildman–Crippen MR) is 161 cm³/mol. The maximum absolute atomic E-state index is 11.8. The van der Waals surface area contributed by atoms with Crippen LogP contribution in [0.3, 0.4) is 0 Å². The van der Waals surface area contributed by atoms with Crippen molar-refractivity contribution in [2.24, 2.45) is 11.8 Å². The minimum absolute atomic E-state index is 0.122. The van der Waals surface area contributed by atoms with Crippen molar-refractivity contribution < 1.29 is 9.26 Å². The van der Waals surface area contributed by atoms with Crippen molar-refractivity contribution in [3.63, 3.8) is 0 Å². The first-order chi connectivity index (χ1) is 21.1. The van der Waals surface area contributed by atoms with E-state index >= 15 is 0 Å². The Kier molecular flexibility index (Phi) is 7.39. The number of aromatic nitrogens is 7. The van der Waals surface area contributed by atoms with E-state index in [1.54, 1.807) is 6.20 Å². The number of pyridine rings is 1. The number of ether oxygens (including phenoxy) is 1. The number of fused-ring (bicyclic) bond motifs is 1. The Hall–Kier alpha value is -4.53. The minimum atomic E-state index is -0.691. The number of H-pyrrole nitrogens is 1. The molecule has 1 saturated carbocycles. The molecule has 5 aromatic rings. The Balaban J connectivity index is 1.44. The maximum atomic E-state index is 11.8. The molecule has 218 valence electrons. The monoisotopic (exact) mass is 596 g/mol. The lowest BCUT2D eigenvalue weighted by molar-refractivity contribution is 0.0916. The topological polar surface area (TPSA) is 128 Å². The fraction of sp³-hybridized carbons (Fsp3) is 0.355. The molecule has 5 heterocycles. The van der Waals surface area contributed by atoms with Gasteiger partial charge in [0, 0.05) is 35.8 Å². The van der Waals surface area contributed by atoms with Crippen molar-refractivity contribution in [3.8, 4) is 35.2 Å². The molecular formula is C31H29ClN8O3. The Morgan fingerprint density at radius 3 is 2.72 bits per heavy atom. The number of anilines is 1. The fourth-order valence-electron chi connectivity index (χ4n) is 6.12. The number of terminal acetylenes is 1. The highest BCUT2D eigenvalue weighted by Gasteiger charge is 2.33. The van der Waals surface area contributed by atoms with Crippen LogP contribution in [0.15, 0.2) is 58.0 Å². The van der Waals surface area contributed by atoms with Crippen LogP contribution in [0.4, 0.5) is 5.95 Å². The normalized spacial score (nSPS) is 20.7. The molecule has 0 spiro atoms. The summed E-state index contributed by atoms with van der Waals surface area (Å²) in [6.45, 7) is 2.37. The fourth-order valence-corrected chi connectivity index (χ4v) is 6.31. The van der Waals surface area contributed by atoms with Gasteiger partial charge in [0.05, 0.1) is 24.9 Å². The number of benzene rings is 1. The van der Waals surface area contributed by atoms with E-state index in [9.17, 15) is 4.79 Å². The van der Waals surface area contributed by atoms with Crippen LogP contribution in [0.5, 0.6) is 0 Å². The Morgan fingerprint density at radius 1 is 1.09 bits per heavy atom. The molecule has 0 amide bonds. The number of halogens is 1. The van der Waals surface area contributed by atoms with Gasteiger partial charge in [0.2, 0.25) is 17.6 Å². The summed E-state index contributed by atoms with van der Waals surface area (Å²) in [6.07, 6.45) is 11.6. The average Bonchev–Trinajstić information content (AvgIpc) is 3.65. The van der Waals surface area contributed by atoms with Gasteiger partial charge >= 0.3 is 5.76 Å². The number of hydrogen-bond donors (Lipinski definition) is 1. The molecule has 4 aromatic heterocycles. The average molecular weight is 597 g/mol.